The van der Waals surface area contributed by atoms with Gasteiger partial charge in [-0.3, -0.25) is 4.90 Å². The number of hydrogen-bond acceptors (Lipinski definition) is 6. The molecule has 3 N–H and O–H groups in total. The summed E-state index contributed by atoms with van der Waals surface area (Å²) in [7, 11) is 0. The summed E-state index contributed by atoms with van der Waals surface area (Å²) in [4.78, 5) is 2.37. The monoisotopic (exact) mass is 487 g/mol. The number of likely N-dealkylation sites (tertiary alicyclic amines) is 1. The fourth-order valence-corrected chi connectivity index (χ4v) is 5.19. The van der Waals surface area contributed by atoms with E-state index >= 15 is 0 Å². The van der Waals surface area contributed by atoms with E-state index in [1.165, 1.54) is 0 Å². The number of nitrogens with zero attached hydrogens (tertiary/aromatic N) is 1. The molecule has 3 unspecified atom stereocenters. The predicted molar refractivity (Wildman–Crippen MR) is 140 cm³/mol. The molecule has 0 aliphatic carbocycles. The van der Waals surface area contributed by atoms with Gasteiger partial charge in [-0.1, -0.05) is 24.3 Å². The number of phenols is 2. The molecule has 0 saturated carbocycles. The van der Waals surface area contributed by atoms with Crippen LogP contribution in [-0.4, -0.2) is 52.6 Å². The molecule has 0 amide bonds. The van der Waals surface area contributed by atoms with Gasteiger partial charge in [-0.2, -0.15) is 0 Å². The number of rotatable bonds is 7. The lowest BCUT2D eigenvalue weighted by Crippen LogP contribution is -2.35. The van der Waals surface area contributed by atoms with Gasteiger partial charge in [-0.05, 0) is 91.9 Å². The number of ether oxygens (including phenoxy) is 2. The van der Waals surface area contributed by atoms with Gasteiger partial charge >= 0.3 is 0 Å². The van der Waals surface area contributed by atoms with Crippen LogP contribution in [0.1, 0.15) is 43.1 Å². The third kappa shape index (κ3) is 4.92. The topological polar surface area (TPSA) is 82.4 Å². The normalized spacial score (nSPS) is 20.6. The first kappa shape index (κ1) is 24.2. The molecule has 0 bridgehead atoms. The Balaban J connectivity index is 1.38. The van der Waals surface area contributed by atoms with Crippen molar-refractivity contribution in [3.05, 3.63) is 83.4 Å². The number of aliphatic hydroxyl groups is 1. The van der Waals surface area contributed by atoms with E-state index in [9.17, 15) is 15.3 Å². The fourth-order valence-electron chi connectivity index (χ4n) is 5.19. The largest absolute Gasteiger partial charge is 0.508 e. The highest BCUT2D eigenvalue weighted by Gasteiger charge is 2.30. The number of fused-ring (bicyclic) bond motifs is 1. The highest BCUT2D eigenvalue weighted by atomic mass is 16.5. The number of benzene rings is 3. The molecule has 6 heteroatoms. The molecule has 3 aromatic carbocycles. The summed E-state index contributed by atoms with van der Waals surface area (Å²) in [6, 6.07) is 20.5. The number of aliphatic hydroxyl groups excluding tert-OH is 1. The van der Waals surface area contributed by atoms with Crippen LogP contribution < -0.4 is 9.47 Å². The summed E-state index contributed by atoms with van der Waals surface area (Å²) in [5, 5.41) is 29.6. The maximum atomic E-state index is 10.1. The number of allylic oxidation sites excluding steroid dienone is 1. The maximum Gasteiger partial charge on any atom is 0.150 e. The van der Waals surface area contributed by atoms with Crippen LogP contribution in [-0.2, 0) is 0 Å². The Bertz CT molecular complexity index is 1250. The lowest BCUT2D eigenvalue weighted by Gasteiger charge is -2.31. The van der Waals surface area contributed by atoms with E-state index in [0.29, 0.717) is 18.3 Å². The summed E-state index contributed by atoms with van der Waals surface area (Å²) in [6.45, 7) is 6.93. The van der Waals surface area contributed by atoms with E-state index in [4.69, 9.17) is 9.47 Å². The number of hydrogen-bond donors (Lipinski definition) is 3. The molecule has 36 heavy (non-hydrogen) atoms. The molecule has 5 rings (SSSR count). The van der Waals surface area contributed by atoms with E-state index in [1.54, 1.807) is 30.3 Å². The van der Waals surface area contributed by atoms with Gasteiger partial charge < -0.3 is 24.8 Å². The minimum Gasteiger partial charge on any atom is -0.508 e. The zero-order valence-electron chi connectivity index (χ0n) is 20.7. The third-order valence-electron chi connectivity index (χ3n) is 7.31. The molecule has 3 aromatic rings. The van der Waals surface area contributed by atoms with E-state index in [-0.39, 0.29) is 30.3 Å². The van der Waals surface area contributed by atoms with Gasteiger partial charge in [0.1, 0.15) is 35.7 Å². The van der Waals surface area contributed by atoms with Crippen molar-refractivity contribution in [2.24, 2.45) is 5.92 Å². The fraction of sp³-hybridized carbons (Fsp3) is 0.333. The van der Waals surface area contributed by atoms with Crippen molar-refractivity contribution >= 4 is 11.1 Å². The Morgan fingerprint density at radius 1 is 1.03 bits per heavy atom. The summed E-state index contributed by atoms with van der Waals surface area (Å²) in [6.07, 6.45) is 0.658. The van der Waals surface area contributed by atoms with Gasteiger partial charge in [-0.15, -0.1) is 0 Å². The molecule has 2 aliphatic heterocycles. The van der Waals surface area contributed by atoms with Crippen molar-refractivity contribution in [2.75, 3.05) is 26.3 Å². The summed E-state index contributed by atoms with van der Waals surface area (Å²) in [5.74, 6) is 2.24. The van der Waals surface area contributed by atoms with Crippen molar-refractivity contribution in [1.82, 2.24) is 4.90 Å². The molecule has 1 saturated heterocycles. The smallest absolute Gasteiger partial charge is 0.150 e. The first-order chi connectivity index (χ1) is 17.4. The molecular weight excluding hydrogens is 454 g/mol. The Labute approximate surface area is 212 Å². The Kier molecular flexibility index (Phi) is 6.90. The van der Waals surface area contributed by atoms with Crippen LogP contribution in [0.3, 0.4) is 0 Å². The minimum atomic E-state index is -0.378. The van der Waals surface area contributed by atoms with Gasteiger partial charge in [0.2, 0.25) is 0 Å². The quantitative estimate of drug-likeness (QED) is 0.423. The Morgan fingerprint density at radius 2 is 1.81 bits per heavy atom. The van der Waals surface area contributed by atoms with Gasteiger partial charge in [0.15, 0.2) is 0 Å². The average Bonchev–Trinajstić information content (AvgIpc) is 3.37. The molecule has 0 spiro atoms. The van der Waals surface area contributed by atoms with Crippen LogP contribution in [0.25, 0.3) is 11.1 Å². The van der Waals surface area contributed by atoms with Crippen molar-refractivity contribution in [1.29, 1.82) is 0 Å². The SMILES string of the molecule is CC1=C(c2cccc(O)c2)C(c2ccc(OCC(C)N3CCC(CO)C3)cc2)Oc2ccc(O)cc21. The van der Waals surface area contributed by atoms with Crippen molar-refractivity contribution in [3.63, 3.8) is 0 Å². The highest BCUT2D eigenvalue weighted by Crippen LogP contribution is 2.47. The van der Waals surface area contributed by atoms with Crippen LogP contribution in [0.15, 0.2) is 66.7 Å². The van der Waals surface area contributed by atoms with Crippen LogP contribution in [0.5, 0.6) is 23.0 Å². The molecule has 1 fully saturated rings. The van der Waals surface area contributed by atoms with E-state index in [1.807, 2.05) is 43.3 Å². The first-order valence-electron chi connectivity index (χ1n) is 12.5. The zero-order valence-corrected chi connectivity index (χ0v) is 20.7. The van der Waals surface area contributed by atoms with E-state index in [0.717, 1.165) is 53.1 Å². The minimum absolute atomic E-state index is 0.182. The van der Waals surface area contributed by atoms with Gasteiger partial charge in [0, 0.05) is 30.3 Å². The summed E-state index contributed by atoms with van der Waals surface area (Å²) < 4.78 is 12.5. The van der Waals surface area contributed by atoms with Gasteiger partial charge in [0.25, 0.3) is 0 Å². The standard InChI is InChI=1S/C30H33NO5/c1-19(31-13-12-21(16-31)17-32)18-35-26-9-6-22(7-10-26)30-29(23-4-3-5-24(33)14-23)20(2)27-15-25(34)8-11-28(27)36-30/h3-11,14-15,19,21,30,32-34H,12-13,16-18H2,1-2H3. The number of phenolic OH excluding ortho intramolecular Hbond substituents is 2. The third-order valence-corrected chi connectivity index (χ3v) is 7.31. The lowest BCUT2D eigenvalue weighted by molar-refractivity contribution is 0.158. The van der Waals surface area contributed by atoms with Crippen molar-refractivity contribution in [2.45, 2.75) is 32.4 Å². The molecule has 0 aromatic heterocycles. The van der Waals surface area contributed by atoms with E-state index < -0.39 is 0 Å². The van der Waals surface area contributed by atoms with Crippen LogP contribution in [0, 0.1) is 5.92 Å². The average molecular weight is 488 g/mol. The molecule has 2 heterocycles. The zero-order chi connectivity index (χ0) is 25.2. The van der Waals surface area contributed by atoms with Crippen molar-refractivity contribution in [3.8, 4) is 23.0 Å². The summed E-state index contributed by atoms with van der Waals surface area (Å²) in [5.41, 5.74) is 4.61. The molecule has 0 radical (unpaired) electrons. The van der Waals surface area contributed by atoms with Crippen LogP contribution in [0.2, 0.25) is 0 Å². The lowest BCUT2D eigenvalue weighted by atomic mass is 9.86. The van der Waals surface area contributed by atoms with Crippen molar-refractivity contribution < 1.29 is 24.8 Å². The molecule has 3 atom stereocenters. The second-order valence-corrected chi connectivity index (χ2v) is 9.83. The Morgan fingerprint density at radius 3 is 2.53 bits per heavy atom. The molecule has 2 aliphatic rings. The van der Waals surface area contributed by atoms with E-state index in [2.05, 4.69) is 11.8 Å². The van der Waals surface area contributed by atoms with Gasteiger partial charge in [-0.25, -0.2) is 0 Å². The molecular formula is C30H33NO5. The Hall–Kier alpha value is -3.48. The highest BCUT2D eigenvalue weighted by molar-refractivity contribution is 5.95. The maximum absolute atomic E-state index is 10.1. The number of aromatic hydroxyl groups is 2. The van der Waals surface area contributed by atoms with Crippen LogP contribution >= 0.6 is 0 Å². The molecule has 188 valence electrons. The van der Waals surface area contributed by atoms with Crippen LogP contribution in [0.4, 0.5) is 0 Å². The second-order valence-electron chi connectivity index (χ2n) is 9.83. The van der Waals surface area contributed by atoms with Gasteiger partial charge in [0.05, 0.1) is 0 Å². The predicted octanol–water partition coefficient (Wildman–Crippen LogP) is 5.24. The first-order valence-corrected chi connectivity index (χ1v) is 12.5. The summed E-state index contributed by atoms with van der Waals surface area (Å²) >= 11 is 0. The molecule has 6 nitrogen and oxygen atoms in total. The second kappa shape index (κ2) is 10.2.